The van der Waals surface area contributed by atoms with Crippen LogP contribution in [-0.4, -0.2) is 66.8 Å². The number of fused-ring (bicyclic) bond motifs is 1. The van der Waals surface area contributed by atoms with Crippen LogP contribution in [0.5, 0.6) is 5.75 Å². The molecule has 1 aliphatic heterocycles. The number of anilines is 2. The summed E-state index contributed by atoms with van der Waals surface area (Å²) in [5, 5.41) is 5.77. The third kappa shape index (κ3) is 6.56. The van der Waals surface area contributed by atoms with E-state index in [2.05, 4.69) is 15.6 Å². The molecule has 2 N–H and O–H groups in total. The average molecular weight is 563 g/mol. The molecule has 11 heteroatoms. The normalized spacial score (nSPS) is 13.2. The number of hydrogen-bond acceptors (Lipinski definition) is 8. The summed E-state index contributed by atoms with van der Waals surface area (Å²) < 4.78 is 12.1. The summed E-state index contributed by atoms with van der Waals surface area (Å²) in [5.41, 5.74) is 2.75. The van der Waals surface area contributed by atoms with Crippen molar-refractivity contribution >= 4 is 62.4 Å². The van der Waals surface area contributed by atoms with Crippen molar-refractivity contribution in [1.82, 2.24) is 9.88 Å². The summed E-state index contributed by atoms with van der Waals surface area (Å²) in [4.78, 5) is 44.9. The smallest absolute Gasteiger partial charge is 0.256 e. The Balaban J connectivity index is 1.22. The van der Waals surface area contributed by atoms with Crippen molar-refractivity contribution in [2.75, 3.05) is 49.8 Å². The van der Waals surface area contributed by atoms with Crippen molar-refractivity contribution in [2.24, 2.45) is 0 Å². The second-order valence-corrected chi connectivity index (χ2v) is 10.9. The molecule has 5 rings (SSSR count). The Hall–Kier alpha value is -3.93. The van der Waals surface area contributed by atoms with E-state index in [4.69, 9.17) is 9.47 Å². The number of benzene rings is 3. The number of carbonyl (C=O) groups is 3. The third-order valence-electron chi connectivity index (χ3n) is 6.03. The highest BCUT2D eigenvalue weighted by Gasteiger charge is 2.23. The largest absolute Gasteiger partial charge is 0.497 e. The van der Waals surface area contributed by atoms with Gasteiger partial charge in [0.05, 0.1) is 47.4 Å². The highest BCUT2D eigenvalue weighted by atomic mass is 32.2. The Labute approximate surface area is 233 Å². The van der Waals surface area contributed by atoms with E-state index in [9.17, 15) is 14.4 Å². The van der Waals surface area contributed by atoms with Crippen LogP contribution in [0.2, 0.25) is 0 Å². The number of aromatic nitrogens is 1. The molecule has 0 spiro atoms. The van der Waals surface area contributed by atoms with Gasteiger partial charge >= 0.3 is 0 Å². The molecule has 1 saturated heterocycles. The Bertz CT molecular complexity index is 1500. The van der Waals surface area contributed by atoms with Crippen molar-refractivity contribution in [3.8, 4) is 5.75 Å². The number of nitrogens with zero attached hydrogens (tertiary/aromatic N) is 2. The molecule has 3 amide bonds. The van der Waals surface area contributed by atoms with E-state index < -0.39 is 0 Å². The molecule has 0 atom stereocenters. The molecule has 4 aromatic rings. The van der Waals surface area contributed by atoms with E-state index in [0.29, 0.717) is 48.8 Å². The maximum Gasteiger partial charge on any atom is 0.256 e. The fourth-order valence-electron chi connectivity index (χ4n) is 4.04. The van der Waals surface area contributed by atoms with Crippen molar-refractivity contribution in [3.63, 3.8) is 0 Å². The molecule has 39 heavy (non-hydrogen) atoms. The summed E-state index contributed by atoms with van der Waals surface area (Å²) in [6.07, 6.45) is 0. The van der Waals surface area contributed by atoms with Gasteiger partial charge in [0.15, 0.2) is 4.34 Å². The number of morpholine rings is 1. The number of amides is 3. The van der Waals surface area contributed by atoms with Crippen LogP contribution in [0.15, 0.2) is 71.1 Å². The first-order chi connectivity index (χ1) is 19.0. The van der Waals surface area contributed by atoms with Gasteiger partial charge in [-0.15, -0.1) is 11.3 Å². The SMILES string of the molecule is COc1ccc(NC(=O)CSc2nc3ccc(NC(=O)c4ccccc4C(=O)N4CCOCC4)cc3s2)cc1. The molecule has 9 nitrogen and oxygen atoms in total. The first-order valence-corrected chi connectivity index (χ1v) is 14.0. The van der Waals surface area contributed by atoms with Crippen molar-refractivity contribution in [3.05, 3.63) is 77.9 Å². The number of nitrogens with one attached hydrogen (secondary N) is 2. The van der Waals surface area contributed by atoms with E-state index in [1.54, 1.807) is 66.6 Å². The van der Waals surface area contributed by atoms with Crippen LogP contribution in [-0.2, 0) is 9.53 Å². The zero-order chi connectivity index (χ0) is 27.2. The topological polar surface area (TPSA) is 110 Å². The van der Waals surface area contributed by atoms with E-state index in [0.717, 1.165) is 20.3 Å². The van der Waals surface area contributed by atoms with Gasteiger partial charge in [0, 0.05) is 24.5 Å². The molecule has 0 bridgehead atoms. The molecule has 1 aromatic heterocycles. The van der Waals surface area contributed by atoms with Gasteiger partial charge in [-0.3, -0.25) is 14.4 Å². The van der Waals surface area contributed by atoms with E-state index in [1.165, 1.54) is 23.1 Å². The van der Waals surface area contributed by atoms with Gasteiger partial charge < -0.3 is 25.0 Å². The number of ether oxygens (including phenoxy) is 2. The van der Waals surface area contributed by atoms with Gasteiger partial charge in [-0.05, 0) is 54.6 Å². The maximum absolute atomic E-state index is 13.2. The van der Waals surface area contributed by atoms with Crippen LogP contribution in [0.1, 0.15) is 20.7 Å². The van der Waals surface area contributed by atoms with Gasteiger partial charge in [-0.2, -0.15) is 0 Å². The second kappa shape index (κ2) is 12.3. The highest BCUT2D eigenvalue weighted by Crippen LogP contribution is 2.31. The summed E-state index contributed by atoms with van der Waals surface area (Å²) in [6, 6.07) is 19.4. The van der Waals surface area contributed by atoms with Crippen LogP contribution in [0, 0.1) is 0 Å². The molecule has 0 aliphatic carbocycles. The van der Waals surface area contributed by atoms with Crippen molar-refractivity contribution in [2.45, 2.75) is 4.34 Å². The Kier molecular flexibility index (Phi) is 8.40. The minimum atomic E-state index is -0.360. The van der Waals surface area contributed by atoms with Gasteiger partial charge in [0.1, 0.15) is 5.75 Å². The number of methoxy groups -OCH3 is 1. The Morgan fingerprint density at radius 2 is 1.69 bits per heavy atom. The van der Waals surface area contributed by atoms with Crippen molar-refractivity contribution in [1.29, 1.82) is 0 Å². The fourth-order valence-corrected chi connectivity index (χ4v) is 5.95. The highest BCUT2D eigenvalue weighted by molar-refractivity contribution is 8.01. The lowest BCUT2D eigenvalue weighted by Crippen LogP contribution is -2.41. The molecule has 1 fully saturated rings. The molecular formula is C28H26N4O5S2. The molecule has 3 aromatic carbocycles. The number of thioether (sulfide) groups is 1. The van der Waals surface area contributed by atoms with Gasteiger partial charge in [-0.1, -0.05) is 23.9 Å². The lowest BCUT2D eigenvalue weighted by Gasteiger charge is -2.27. The molecule has 2 heterocycles. The Morgan fingerprint density at radius 3 is 2.44 bits per heavy atom. The van der Waals surface area contributed by atoms with Crippen LogP contribution in [0.25, 0.3) is 10.2 Å². The number of hydrogen-bond donors (Lipinski definition) is 2. The minimum absolute atomic E-state index is 0.136. The van der Waals surface area contributed by atoms with Crippen LogP contribution >= 0.6 is 23.1 Å². The quantitative estimate of drug-likeness (QED) is 0.298. The van der Waals surface area contributed by atoms with Crippen LogP contribution in [0.3, 0.4) is 0 Å². The summed E-state index contributed by atoms with van der Waals surface area (Å²) >= 11 is 2.79. The zero-order valence-electron chi connectivity index (χ0n) is 21.1. The fraction of sp³-hybridized carbons (Fsp3) is 0.214. The van der Waals surface area contributed by atoms with Crippen LogP contribution < -0.4 is 15.4 Å². The number of rotatable bonds is 8. The maximum atomic E-state index is 13.2. The lowest BCUT2D eigenvalue weighted by molar-refractivity contribution is -0.113. The summed E-state index contributed by atoms with van der Waals surface area (Å²) in [6.45, 7) is 1.98. The predicted octanol–water partition coefficient (Wildman–Crippen LogP) is 4.76. The standard InChI is InChI=1S/C28H26N4O5S2/c1-36-20-9-6-18(7-10-20)29-25(33)17-38-28-31-23-11-8-19(16-24(23)39-28)30-26(34)21-4-2-3-5-22(21)27(35)32-12-14-37-15-13-32/h2-11,16H,12-15,17H2,1H3,(H,29,33)(H,30,34). The van der Waals surface area contributed by atoms with Gasteiger partial charge in [0.2, 0.25) is 5.91 Å². The molecular weight excluding hydrogens is 536 g/mol. The molecule has 0 unspecified atom stereocenters. The van der Waals surface area contributed by atoms with Crippen molar-refractivity contribution < 1.29 is 23.9 Å². The first kappa shape index (κ1) is 26.7. The monoisotopic (exact) mass is 562 g/mol. The minimum Gasteiger partial charge on any atom is -0.497 e. The molecule has 1 aliphatic rings. The van der Waals surface area contributed by atoms with E-state index in [1.807, 2.05) is 12.1 Å². The first-order valence-electron chi connectivity index (χ1n) is 12.2. The van der Waals surface area contributed by atoms with Gasteiger partial charge in [0.25, 0.3) is 11.8 Å². The second-order valence-electron chi connectivity index (χ2n) is 8.63. The molecule has 0 radical (unpaired) electrons. The van der Waals surface area contributed by atoms with E-state index >= 15 is 0 Å². The molecule has 0 saturated carbocycles. The predicted molar refractivity (Wildman–Crippen MR) is 153 cm³/mol. The van der Waals surface area contributed by atoms with Crippen LogP contribution in [0.4, 0.5) is 11.4 Å². The zero-order valence-corrected chi connectivity index (χ0v) is 22.8. The molecule has 200 valence electrons. The Morgan fingerprint density at radius 1 is 0.974 bits per heavy atom. The summed E-state index contributed by atoms with van der Waals surface area (Å²) in [5.74, 6) is 0.255. The number of carbonyl (C=O) groups excluding carboxylic acids is 3. The lowest BCUT2D eigenvalue weighted by atomic mass is 10.0. The average Bonchev–Trinajstić information content (AvgIpc) is 3.39. The number of thiazole rings is 1. The van der Waals surface area contributed by atoms with E-state index in [-0.39, 0.29) is 23.5 Å². The van der Waals surface area contributed by atoms with Gasteiger partial charge in [-0.25, -0.2) is 4.98 Å². The summed E-state index contributed by atoms with van der Waals surface area (Å²) in [7, 11) is 1.59. The third-order valence-corrected chi connectivity index (χ3v) is 8.19.